The summed E-state index contributed by atoms with van der Waals surface area (Å²) < 4.78 is 0. The highest BCUT2D eigenvalue weighted by Gasteiger charge is 2.32. The molecule has 1 atom stereocenters. The Morgan fingerprint density at radius 2 is 1.50 bits per heavy atom. The van der Waals surface area contributed by atoms with Gasteiger partial charge in [0, 0.05) is 29.1 Å². The Morgan fingerprint density at radius 3 is 2.19 bits per heavy atom. The normalized spacial score (nSPS) is 14.7. The zero-order valence-electron chi connectivity index (χ0n) is 20.3. The van der Waals surface area contributed by atoms with Gasteiger partial charge < -0.3 is 10.2 Å². The average Bonchev–Trinajstić information content (AvgIpc) is 2.89. The summed E-state index contributed by atoms with van der Waals surface area (Å²) in [5, 5.41) is 4.44. The number of nitrogens with one attached hydrogen (secondary N) is 1. The molecule has 1 saturated carbocycles. The fourth-order valence-corrected chi connectivity index (χ4v) is 5.12. The van der Waals surface area contributed by atoms with Crippen LogP contribution in [0.1, 0.15) is 48.8 Å². The molecule has 1 aliphatic carbocycles. The molecule has 36 heavy (non-hydrogen) atoms. The molecule has 1 N–H and O–H groups in total. The van der Waals surface area contributed by atoms with Crippen LogP contribution in [0.3, 0.4) is 0 Å². The molecule has 0 saturated heterocycles. The first-order chi connectivity index (χ1) is 17.5. The number of rotatable bonds is 9. The van der Waals surface area contributed by atoms with Crippen molar-refractivity contribution in [3.05, 3.63) is 106 Å². The second-order valence-corrected chi connectivity index (χ2v) is 10.3. The van der Waals surface area contributed by atoms with Crippen molar-refractivity contribution >= 4 is 35.0 Å². The summed E-state index contributed by atoms with van der Waals surface area (Å²) in [5.74, 6) is -0.245. The van der Waals surface area contributed by atoms with Gasteiger partial charge in [0.05, 0.1) is 6.42 Å². The molecule has 2 amide bonds. The van der Waals surface area contributed by atoms with E-state index in [1.54, 1.807) is 11.0 Å². The Balaban J connectivity index is 1.65. The number of benzene rings is 3. The maximum atomic E-state index is 13.8. The second kappa shape index (κ2) is 12.9. The van der Waals surface area contributed by atoms with Crippen LogP contribution >= 0.6 is 23.2 Å². The van der Waals surface area contributed by atoms with Crippen LogP contribution in [0.15, 0.2) is 78.9 Å². The number of carbonyl (C=O) groups is 2. The number of halogens is 2. The molecule has 4 rings (SSSR count). The van der Waals surface area contributed by atoms with E-state index in [4.69, 9.17) is 23.2 Å². The molecule has 0 bridgehead atoms. The molecule has 188 valence electrons. The molecule has 1 fully saturated rings. The predicted octanol–water partition coefficient (Wildman–Crippen LogP) is 6.62. The van der Waals surface area contributed by atoms with Crippen LogP contribution in [0.25, 0.3) is 0 Å². The number of nitrogens with zero attached hydrogens (tertiary/aromatic N) is 1. The minimum Gasteiger partial charge on any atom is -0.352 e. The third-order valence-corrected chi connectivity index (χ3v) is 7.41. The lowest BCUT2D eigenvalue weighted by atomic mass is 9.94. The minimum atomic E-state index is -0.653. The van der Waals surface area contributed by atoms with E-state index in [0.29, 0.717) is 23.0 Å². The fraction of sp³-hybridized carbons (Fsp3) is 0.333. The number of carbonyl (C=O) groups excluding carboxylic acids is 2. The van der Waals surface area contributed by atoms with Gasteiger partial charge in [-0.15, -0.1) is 0 Å². The molecular weight excluding hydrogens is 491 g/mol. The van der Waals surface area contributed by atoms with Crippen molar-refractivity contribution < 1.29 is 9.59 Å². The van der Waals surface area contributed by atoms with Crippen molar-refractivity contribution in [1.29, 1.82) is 0 Å². The van der Waals surface area contributed by atoms with Crippen molar-refractivity contribution in [3.63, 3.8) is 0 Å². The Labute approximate surface area is 223 Å². The van der Waals surface area contributed by atoms with Crippen molar-refractivity contribution in [2.45, 2.75) is 63.6 Å². The summed E-state index contributed by atoms with van der Waals surface area (Å²) in [4.78, 5) is 29.3. The fourth-order valence-electron chi connectivity index (χ4n) is 4.79. The molecule has 3 aromatic rings. The van der Waals surface area contributed by atoms with E-state index < -0.39 is 6.04 Å². The van der Waals surface area contributed by atoms with Gasteiger partial charge in [0.25, 0.3) is 0 Å². The summed E-state index contributed by atoms with van der Waals surface area (Å²) in [6, 6.07) is 24.1. The predicted molar refractivity (Wildman–Crippen MR) is 146 cm³/mol. The Kier molecular flexibility index (Phi) is 9.43. The smallest absolute Gasteiger partial charge is 0.243 e. The lowest BCUT2D eigenvalue weighted by Gasteiger charge is -2.33. The summed E-state index contributed by atoms with van der Waals surface area (Å²) in [6.07, 6.45) is 5.96. The number of hydrogen-bond acceptors (Lipinski definition) is 2. The van der Waals surface area contributed by atoms with Crippen LogP contribution in [-0.2, 0) is 29.0 Å². The van der Waals surface area contributed by atoms with Crippen molar-refractivity contribution in [2.75, 3.05) is 0 Å². The third kappa shape index (κ3) is 7.35. The van der Waals surface area contributed by atoms with Crippen LogP contribution in [-0.4, -0.2) is 28.8 Å². The van der Waals surface area contributed by atoms with Gasteiger partial charge in [0.15, 0.2) is 0 Å². The standard InChI is InChI=1S/C30H32Cl2N2O2/c31-25-17-15-23(16-18-25)21-34(29(35)20-24-11-7-8-14-27(24)32)28(19-22-9-3-1-4-10-22)30(36)33-26-12-5-2-6-13-26/h1,3-4,7-11,14-18,26,28H,2,5-6,12-13,19-21H2,(H,33,36)/t28-/m0/s1. The molecule has 0 heterocycles. The van der Waals surface area contributed by atoms with Crippen LogP contribution in [0.5, 0.6) is 0 Å². The summed E-state index contributed by atoms with van der Waals surface area (Å²) in [6.45, 7) is 0.302. The molecule has 1 aliphatic rings. The van der Waals surface area contributed by atoms with Gasteiger partial charge >= 0.3 is 0 Å². The molecule has 0 aromatic heterocycles. The maximum absolute atomic E-state index is 13.8. The van der Waals surface area contributed by atoms with E-state index in [1.807, 2.05) is 72.8 Å². The molecular formula is C30H32Cl2N2O2. The van der Waals surface area contributed by atoms with Gasteiger partial charge in [0.1, 0.15) is 6.04 Å². The molecule has 6 heteroatoms. The maximum Gasteiger partial charge on any atom is 0.243 e. The van der Waals surface area contributed by atoms with E-state index in [0.717, 1.165) is 42.4 Å². The van der Waals surface area contributed by atoms with Crippen molar-refractivity contribution in [3.8, 4) is 0 Å². The van der Waals surface area contributed by atoms with E-state index in [2.05, 4.69) is 5.32 Å². The second-order valence-electron chi connectivity index (χ2n) is 9.47. The highest BCUT2D eigenvalue weighted by molar-refractivity contribution is 6.31. The molecule has 0 radical (unpaired) electrons. The zero-order valence-corrected chi connectivity index (χ0v) is 21.8. The lowest BCUT2D eigenvalue weighted by molar-refractivity contribution is -0.141. The van der Waals surface area contributed by atoms with E-state index in [9.17, 15) is 9.59 Å². The molecule has 0 aliphatic heterocycles. The van der Waals surface area contributed by atoms with E-state index in [1.165, 1.54) is 6.42 Å². The van der Waals surface area contributed by atoms with E-state index in [-0.39, 0.29) is 24.3 Å². The van der Waals surface area contributed by atoms with Crippen molar-refractivity contribution in [1.82, 2.24) is 10.2 Å². The Bertz CT molecular complexity index is 1150. The summed E-state index contributed by atoms with van der Waals surface area (Å²) in [7, 11) is 0. The van der Waals surface area contributed by atoms with Gasteiger partial charge in [-0.05, 0) is 47.7 Å². The highest BCUT2D eigenvalue weighted by Crippen LogP contribution is 2.22. The molecule has 0 unspecified atom stereocenters. The highest BCUT2D eigenvalue weighted by atomic mass is 35.5. The zero-order chi connectivity index (χ0) is 25.3. The van der Waals surface area contributed by atoms with Gasteiger partial charge in [-0.2, -0.15) is 0 Å². The lowest BCUT2D eigenvalue weighted by Crippen LogP contribution is -2.53. The first kappa shape index (κ1) is 26.2. The number of amides is 2. The Morgan fingerprint density at radius 1 is 0.833 bits per heavy atom. The molecule has 3 aromatic carbocycles. The van der Waals surface area contributed by atoms with Crippen LogP contribution < -0.4 is 5.32 Å². The average molecular weight is 524 g/mol. The first-order valence-corrected chi connectivity index (χ1v) is 13.4. The van der Waals surface area contributed by atoms with Gasteiger partial charge in [-0.1, -0.05) is 103 Å². The summed E-state index contributed by atoms with van der Waals surface area (Å²) in [5.41, 5.74) is 2.67. The third-order valence-electron chi connectivity index (χ3n) is 6.79. The van der Waals surface area contributed by atoms with Crippen molar-refractivity contribution in [2.24, 2.45) is 0 Å². The van der Waals surface area contributed by atoms with Crippen LogP contribution in [0.4, 0.5) is 0 Å². The van der Waals surface area contributed by atoms with Gasteiger partial charge in [-0.3, -0.25) is 9.59 Å². The van der Waals surface area contributed by atoms with Gasteiger partial charge in [0.2, 0.25) is 11.8 Å². The molecule has 0 spiro atoms. The Hall–Kier alpha value is -2.82. The minimum absolute atomic E-state index is 0.104. The largest absolute Gasteiger partial charge is 0.352 e. The molecule has 4 nitrogen and oxygen atoms in total. The van der Waals surface area contributed by atoms with Gasteiger partial charge in [-0.25, -0.2) is 0 Å². The van der Waals surface area contributed by atoms with Crippen LogP contribution in [0.2, 0.25) is 10.0 Å². The SMILES string of the molecule is O=C(NC1CCCCC1)[C@H](Cc1ccccc1)N(Cc1ccc(Cl)cc1)C(=O)Cc1ccccc1Cl. The van der Waals surface area contributed by atoms with E-state index >= 15 is 0 Å². The first-order valence-electron chi connectivity index (χ1n) is 12.6. The van der Waals surface area contributed by atoms with Crippen LogP contribution in [0, 0.1) is 0 Å². The monoisotopic (exact) mass is 522 g/mol. The summed E-state index contributed by atoms with van der Waals surface area (Å²) >= 11 is 12.5. The number of hydrogen-bond donors (Lipinski definition) is 1. The quantitative estimate of drug-likeness (QED) is 0.343. The topological polar surface area (TPSA) is 49.4 Å².